The number of benzene rings is 3. The lowest BCUT2D eigenvalue weighted by molar-refractivity contribution is -0.142. The van der Waals surface area contributed by atoms with Gasteiger partial charge in [0.2, 0.25) is 5.91 Å². The molecule has 10 heteroatoms. The molecule has 0 saturated carbocycles. The molecule has 0 radical (unpaired) electrons. The molecule has 1 aliphatic rings. The smallest absolute Gasteiger partial charge is 0.326 e. The molecule has 0 spiro atoms. The molecule has 0 aromatic heterocycles. The van der Waals surface area contributed by atoms with Crippen molar-refractivity contribution in [2.45, 2.75) is 37.8 Å². The van der Waals surface area contributed by atoms with E-state index in [0.29, 0.717) is 18.1 Å². The number of thiocarbonyl (C=S) groups is 1. The van der Waals surface area contributed by atoms with Gasteiger partial charge >= 0.3 is 11.9 Å². The first-order valence-corrected chi connectivity index (χ1v) is 13.4. The highest BCUT2D eigenvalue weighted by Gasteiger charge is 2.33. The summed E-state index contributed by atoms with van der Waals surface area (Å²) in [4.78, 5) is 38.2. The maximum atomic E-state index is 13.4. The van der Waals surface area contributed by atoms with Gasteiger partial charge in [0, 0.05) is 30.8 Å². The number of carboxylic acid groups (broad SMARTS) is 2. The van der Waals surface area contributed by atoms with E-state index in [9.17, 15) is 19.5 Å². The molecule has 1 aliphatic heterocycles. The number of aryl methyl sites for hydroxylation is 1. The predicted molar refractivity (Wildman–Crippen MR) is 157 cm³/mol. The zero-order chi connectivity index (χ0) is 28.6. The number of fused-ring (bicyclic) bond motifs is 1. The van der Waals surface area contributed by atoms with Crippen LogP contribution in [0.25, 0.3) is 0 Å². The van der Waals surface area contributed by atoms with Gasteiger partial charge in [-0.1, -0.05) is 48.5 Å². The van der Waals surface area contributed by atoms with Crippen molar-refractivity contribution in [3.63, 3.8) is 0 Å². The summed E-state index contributed by atoms with van der Waals surface area (Å²) in [5.74, 6) is -2.38. The first-order chi connectivity index (χ1) is 19.2. The molecule has 208 valence electrons. The maximum Gasteiger partial charge on any atom is 0.326 e. The second-order valence-electron chi connectivity index (χ2n) is 9.81. The number of likely N-dealkylation sites (N-methyl/N-ethyl adjacent to an activating group) is 1. The molecule has 40 heavy (non-hydrogen) atoms. The molecule has 4 rings (SSSR count). The minimum Gasteiger partial charge on any atom is -0.481 e. The molecule has 0 bridgehead atoms. The van der Waals surface area contributed by atoms with Crippen LogP contribution in [0.15, 0.2) is 72.8 Å². The topological polar surface area (TPSA) is 131 Å². The number of carboxylic acids is 2. The molecule has 9 nitrogen and oxygen atoms in total. The van der Waals surface area contributed by atoms with Crippen LogP contribution in [-0.2, 0) is 33.6 Å². The highest BCUT2D eigenvalue weighted by atomic mass is 32.1. The molecule has 0 fully saturated rings. The van der Waals surface area contributed by atoms with Crippen molar-refractivity contribution in [2.24, 2.45) is 0 Å². The van der Waals surface area contributed by atoms with E-state index in [1.165, 1.54) is 0 Å². The molecule has 0 saturated heterocycles. The van der Waals surface area contributed by atoms with Gasteiger partial charge in [0.05, 0.1) is 0 Å². The third-order valence-corrected chi connectivity index (χ3v) is 7.06. The van der Waals surface area contributed by atoms with Crippen molar-refractivity contribution in [1.29, 1.82) is 0 Å². The largest absolute Gasteiger partial charge is 0.481 e. The fourth-order valence-corrected chi connectivity index (χ4v) is 5.00. The van der Waals surface area contributed by atoms with Gasteiger partial charge in [-0.3, -0.25) is 14.5 Å². The minimum absolute atomic E-state index is 0.0261. The zero-order valence-corrected chi connectivity index (χ0v) is 22.9. The number of carbonyl (C=O) groups excluding carboxylic acids is 1. The van der Waals surface area contributed by atoms with E-state index >= 15 is 0 Å². The Morgan fingerprint density at radius 1 is 0.950 bits per heavy atom. The second kappa shape index (κ2) is 13.2. The van der Waals surface area contributed by atoms with Gasteiger partial charge in [0.25, 0.3) is 0 Å². The van der Waals surface area contributed by atoms with Gasteiger partial charge in [0.15, 0.2) is 5.11 Å². The normalized spacial score (nSPS) is 15.4. The molecule has 3 aromatic carbocycles. The Hall–Kier alpha value is -4.28. The van der Waals surface area contributed by atoms with E-state index in [0.717, 1.165) is 40.0 Å². The van der Waals surface area contributed by atoms with Crippen LogP contribution in [0.3, 0.4) is 0 Å². The fraction of sp³-hybridized carbons (Fsp3) is 0.267. The Kier molecular flexibility index (Phi) is 9.47. The first kappa shape index (κ1) is 28.7. The zero-order valence-electron chi connectivity index (χ0n) is 22.1. The van der Waals surface area contributed by atoms with E-state index in [1.54, 1.807) is 24.3 Å². The van der Waals surface area contributed by atoms with Gasteiger partial charge < -0.3 is 26.2 Å². The van der Waals surface area contributed by atoms with Gasteiger partial charge in [-0.25, -0.2) is 4.79 Å². The highest BCUT2D eigenvalue weighted by molar-refractivity contribution is 7.80. The van der Waals surface area contributed by atoms with E-state index in [1.807, 2.05) is 60.5 Å². The summed E-state index contributed by atoms with van der Waals surface area (Å²) in [5.41, 5.74) is 5.08. The summed E-state index contributed by atoms with van der Waals surface area (Å²) < 4.78 is 0. The summed E-state index contributed by atoms with van der Waals surface area (Å²) in [6.45, 7) is 0.636. The number of aliphatic carboxylic acids is 2. The molecule has 5 N–H and O–H groups in total. The first-order valence-electron chi connectivity index (χ1n) is 13.0. The predicted octanol–water partition coefficient (Wildman–Crippen LogP) is 3.85. The van der Waals surface area contributed by atoms with E-state index in [2.05, 4.69) is 16.0 Å². The Balaban J connectivity index is 1.42. The number of amides is 1. The van der Waals surface area contributed by atoms with Crippen LogP contribution in [0.5, 0.6) is 0 Å². The van der Waals surface area contributed by atoms with Gasteiger partial charge in [-0.2, -0.15) is 0 Å². The Morgan fingerprint density at radius 3 is 2.30 bits per heavy atom. The van der Waals surface area contributed by atoms with Crippen molar-refractivity contribution in [3.05, 3.63) is 95.1 Å². The van der Waals surface area contributed by atoms with Crippen molar-refractivity contribution in [2.75, 3.05) is 24.2 Å². The summed E-state index contributed by atoms with van der Waals surface area (Å²) >= 11 is 5.44. The van der Waals surface area contributed by atoms with Gasteiger partial charge in [0.1, 0.15) is 12.1 Å². The Morgan fingerprint density at radius 2 is 1.62 bits per heavy atom. The lowest BCUT2D eigenvalue weighted by Crippen LogP contribution is -2.49. The van der Waals surface area contributed by atoms with Crippen LogP contribution >= 0.6 is 12.2 Å². The summed E-state index contributed by atoms with van der Waals surface area (Å²) in [7, 11) is 1.85. The maximum absolute atomic E-state index is 13.4. The average molecular weight is 561 g/mol. The third-order valence-electron chi connectivity index (χ3n) is 6.85. The molecular formula is C30H32N4O5S. The van der Waals surface area contributed by atoms with Crippen molar-refractivity contribution in [1.82, 2.24) is 10.2 Å². The fourth-order valence-electron chi connectivity index (χ4n) is 4.77. The minimum atomic E-state index is -1.12. The molecule has 0 aliphatic carbocycles. The van der Waals surface area contributed by atoms with Gasteiger partial charge in [-0.15, -0.1) is 0 Å². The van der Waals surface area contributed by atoms with E-state index in [-0.39, 0.29) is 18.7 Å². The number of anilines is 2. The molecule has 2 unspecified atom stereocenters. The van der Waals surface area contributed by atoms with Crippen molar-refractivity contribution < 1.29 is 24.6 Å². The highest BCUT2D eigenvalue weighted by Crippen LogP contribution is 2.31. The van der Waals surface area contributed by atoms with Gasteiger partial charge in [-0.05, 0) is 78.6 Å². The van der Waals surface area contributed by atoms with Crippen LogP contribution in [0.2, 0.25) is 0 Å². The summed E-state index contributed by atoms with van der Waals surface area (Å²) in [6.07, 6.45) is 1.27. The van der Waals surface area contributed by atoms with E-state index < -0.39 is 24.0 Å². The lowest BCUT2D eigenvalue weighted by Gasteiger charge is -2.34. The van der Waals surface area contributed by atoms with Crippen LogP contribution in [0.4, 0.5) is 11.4 Å². The summed E-state index contributed by atoms with van der Waals surface area (Å²) in [5, 5.41) is 28.2. The van der Waals surface area contributed by atoms with Crippen molar-refractivity contribution >= 4 is 46.6 Å². The summed E-state index contributed by atoms with van der Waals surface area (Å²) in [6, 6.07) is 20.7. The van der Waals surface area contributed by atoms with Crippen LogP contribution in [0.1, 0.15) is 34.7 Å². The molecule has 1 amide bonds. The Labute approximate surface area is 238 Å². The quantitative estimate of drug-likeness (QED) is 0.235. The standard InChI is InChI=1S/C30H32N4O5S/c1-34-16-15-21-18-23(32-30(40)31-22-5-3-2-4-6-22)12-13-24(21)27(34)28(37)33-25(29(38)39)17-20-9-7-19(8-10-20)11-14-26(35)36/h2-10,12-13,18,25,27H,11,14-17H2,1H3,(H,33,37)(H,35,36)(H,38,39)(H2,31,32,40). The number of hydrogen-bond donors (Lipinski definition) is 5. The Bertz CT molecular complexity index is 1380. The monoisotopic (exact) mass is 560 g/mol. The number of nitrogens with one attached hydrogen (secondary N) is 3. The average Bonchev–Trinajstić information content (AvgIpc) is 2.92. The van der Waals surface area contributed by atoms with Crippen LogP contribution in [-0.4, -0.2) is 57.7 Å². The van der Waals surface area contributed by atoms with Crippen LogP contribution < -0.4 is 16.0 Å². The number of hydrogen-bond acceptors (Lipinski definition) is 5. The SMILES string of the molecule is CN1CCc2cc(NC(=S)Nc3ccccc3)ccc2C1C(=O)NC(Cc1ccc(CCC(=O)O)cc1)C(=O)O. The lowest BCUT2D eigenvalue weighted by atomic mass is 9.91. The number of carbonyl (C=O) groups is 3. The van der Waals surface area contributed by atoms with Crippen LogP contribution in [0, 0.1) is 0 Å². The molecule has 2 atom stereocenters. The third kappa shape index (κ3) is 7.64. The van der Waals surface area contributed by atoms with Crippen molar-refractivity contribution in [3.8, 4) is 0 Å². The number of rotatable bonds is 10. The van der Waals surface area contributed by atoms with E-state index in [4.69, 9.17) is 17.3 Å². The molecule has 1 heterocycles. The molecule has 3 aromatic rings. The number of nitrogens with zero attached hydrogens (tertiary/aromatic N) is 1. The second-order valence-corrected chi connectivity index (χ2v) is 10.2. The number of para-hydroxylation sites is 1. The molecular weight excluding hydrogens is 528 g/mol.